The van der Waals surface area contributed by atoms with Gasteiger partial charge in [-0.05, 0) is 58.3 Å². The van der Waals surface area contributed by atoms with Crippen LogP contribution in [0.1, 0.15) is 51.4 Å². The van der Waals surface area contributed by atoms with Gasteiger partial charge in [0.05, 0.1) is 0 Å². The molecule has 0 amide bonds. The summed E-state index contributed by atoms with van der Waals surface area (Å²) in [4.78, 5) is 5.29. The van der Waals surface area contributed by atoms with Crippen LogP contribution in [0.4, 0.5) is 0 Å². The zero-order valence-corrected chi connectivity index (χ0v) is 12.5. The van der Waals surface area contributed by atoms with Crippen LogP contribution in [0.2, 0.25) is 0 Å². The number of hydrogen-bond donors (Lipinski definition) is 0. The van der Waals surface area contributed by atoms with Crippen LogP contribution in [0, 0.1) is 0 Å². The first-order valence-electron chi connectivity index (χ1n) is 7.92. The Morgan fingerprint density at radius 1 is 0.944 bits per heavy atom. The van der Waals surface area contributed by atoms with E-state index in [1.54, 1.807) is 0 Å². The maximum absolute atomic E-state index is 5.97. The van der Waals surface area contributed by atoms with E-state index in [0.29, 0.717) is 0 Å². The van der Waals surface area contributed by atoms with Crippen LogP contribution < -0.4 is 0 Å². The minimum absolute atomic E-state index is 0.792. The highest BCUT2D eigenvalue weighted by Gasteiger charge is 2.20. The number of nitrogens with zero attached hydrogens (tertiary/aromatic N) is 2. The van der Waals surface area contributed by atoms with E-state index in [2.05, 4.69) is 9.80 Å². The Morgan fingerprint density at radius 2 is 1.67 bits per heavy atom. The zero-order valence-electron chi connectivity index (χ0n) is 11.7. The van der Waals surface area contributed by atoms with E-state index in [0.717, 1.165) is 18.5 Å². The predicted molar refractivity (Wildman–Crippen MR) is 79.5 cm³/mol. The van der Waals surface area contributed by atoms with E-state index >= 15 is 0 Å². The first-order chi connectivity index (χ1) is 8.90. The Bertz CT molecular complexity index is 211. The number of alkyl halides is 1. The molecule has 1 saturated heterocycles. The number of hydrogen-bond acceptors (Lipinski definition) is 2. The maximum Gasteiger partial charge on any atom is 0.0351 e. The van der Waals surface area contributed by atoms with Crippen molar-refractivity contribution in [1.29, 1.82) is 0 Å². The van der Waals surface area contributed by atoms with Crippen LogP contribution in [0.15, 0.2) is 0 Å². The van der Waals surface area contributed by atoms with Gasteiger partial charge in [-0.15, -0.1) is 11.6 Å². The van der Waals surface area contributed by atoms with Crippen molar-refractivity contribution >= 4 is 11.6 Å². The third-order valence-corrected chi connectivity index (χ3v) is 4.75. The van der Waals surface area contributed by atoms with Gasteiger partial charge in [0.25, 0.3) is 0 Å². The fourth-order valence-electron chi connectivity index (χ4n) is 3.54. The molecule has 2 nitrogen and oxygen atoms in total. The quantitative estimate of drug-likeness (QED) is 0.656. The van der Waals surface area contributed by atoms with Crippen molar-refractivity contribution in [1.82, 2.24) is 9.80 Å². The molecule has 0 atom stereocenters. The summed E-state index contributed by atoms with van der Waals surface area (Å²) in [5.74, 6) is 0.792. The lowest BCUT2D eigenvalue weighted by atomic mass is 9.94. The van der Waals surface area contributed by atoms with Crippen molar-refractivity contribution in [2.45, 2.75) is 57.4 Å². The van der Waals surface area contributed by atoms with Crippen molar-refractivity contribution < 1.29 is 0 Å². The van der Waals surface area contributed by atoms with E-state index in [1.807, 2.05) is 0 Å². The van der Waals surface area contributed by atoms with Crippen LogP contribution in [0.5, 0.6) is 0 Å². The lowest BCUT2D eigenvalue weighted by Gasteiger charge is -2.34. The summed E-state index contributed by atoms with van der Waals surface area (Å²) in [5.41, 5.74) is 0. The van der Waals surface area contributed by atoms with Crippen LogP contribution in [-0.4, -0.2) is 54.4 Å². The molecule has 0 spiro atoms. The monoisotopic (exact) mass is 272 g/mol. The first kappa shape index (κ1) is 14.6. The van der Waals surface area contributed by atoms with Crippen molar-refractivity contribution in [2.24, 2.45) is 0 Å². The van der Waals surface area contributed by atoms with E-state index < -0.39 is 0 Å². The highest BCUT2D eigenvalue weighted by Crippen LogP contribution is 2.22. The zero-order chi connectivity index (χ0) is 12.6. The lowest BCUT2D eigenvalue weighted by molar-refractivity contribution is 0.156. The van der Waals surface area contributed by atoms with E-state index in [4.69, 9.17) is 11.6 Å². The molecule has 2 fully saturated rings. The second-order valence-electron chi connectivity index (χ2n) is 5.92. The van der Waals surface area contributed by atoms with E-state index in [1.165, 1.54) is 77.5 Å². The Hall–Kier alpha value is 0.210. The molecule has 0 bridgehead atoms. The molecule has 0 N–H and O–H groups in total. The van der Waals surface area contributed by atoms with Crippen LogP contribution >= 0.6 is 11.6 Å². The summed E-state index contributed by atoms with van der Waals surface area (Å²) in [6.07, 6.45) is 11.3. The van der Waals surface area contributed by atoms with Gasteiger partial charge in [-0.2, -0.15) is 0 Å². The van der Waals surface area contributed by atoms with Crippen LogP contribution in [0.25, 0.3) is 0 Å². The standard InChI is InChI=1S/C15H29ClN2/c16-9-14-18(15-7-2-1-3-8-15)13-6-12-17-10-4-5-11-17/h15H,1-14H2. The van der Waals surface area contributed by atoms with Gasteiger partial charge in [-0.3, -0.25) is 4.90 Å². The summed E-state index contributed by atoms with van der Waals surface area (Å²) in [6, 6.07) is 0.830. The molecule has 2 aliphatic rings. The molecule has 2 rings (SSSR count). The van der Waals surface area contributed by atoms with Crippen molar-refractivity contribution in [2.75, 3.05) is 38.6 Å². The largest absolute Gasteiger partial charge is 0.303 e. The molecular formula is C15H29ClN2. The van der Waals surface area contributed by atoms with Gasteiger partial charge < -0.3 is 4.90 Å². The van der Waals surface area contributed by atoms with E-state index in [9.17, 15) is 0 Å². The molecule has 0 aromatic carbocycles. The predicted octanol–water partition coefficient (Wildman–Crippen LogP) is 3.35. The van der Waals surface area contributed by atoms with Gasteiger partial charge in [-0.1, -0.05) is 19.3 Å². The molecular weight excluding hydrogens is 244 g/mol. The minimum atomic E-state index is 0.792. The molecule has 1 aliphatic heterocycles. The van der Waals surface area contributed by atoms with Crippen molar-refractivity contribution in [3.8, 4) is 0 Å². The fraction of sp³-hybridized carbons (Fsp3) is 1.00. The van der Waals surface area contributed by atoms with E-state index in [-0.39, 0.29) is 0 Å². The molecule has 1 saturated carbocycles. The van der Waals surface area contributed by atoms with Crippen molar-refractivity contribution in [3.05, 3.63) is 0 Å². The molecule has 0 aromatic rings. The summed E-state index contributed by atoms with van der Waals surface area (Å²) in [6.45, 7) is 6.31. The smallest absolute Gasteiger partial charge is 0.0351 e. The fourth-order valence-corrected chi connectivity index (χ4v) is 3.75. The molecule has 18 heavy (non-hydrogen) atoms. The van der Waals surface area contributed by atoms with Gasteiger partial charge in [0.1, 0.15) is 0 Å². The number of likely N-dealkylation sites (tertiary alicyclic amines) is 1. The summed E-state index contributed by atoms with van der Waals surface area (Å²) in [5, 5.41) is 0. The molecule has 0 unspecified atom stereocenters. The Morgan fingerprint density at radius 3 is 2.33 bits per heavy atom. The van der Waals surface area contributed by atoms with Gasteiger partial charge in [-0.25, -0.2) is 0 Å². The minimum Gasteiger partial charge on any atom is -0.303 e. The maximum atomic E-state index is 5.97. The second-order valence-corrected chi connectivity index (χ2v) is 6.30. The average molecular weight is 273 g/mol. The van der Waals surface area contributed by atoms with Crippen LogP contribution in [0.3, 0.4) is 0 Å². The molecule has 1 heterocycles. The van der Waals surface area contributed by atoms with Gasteiger partial charge in [0.2, 0.25) is 0 Å². The SMILES string of the molecule is ClCCN(CCCN1CCCC1)C1CCCCC1. The first-order valence-corrected chi connectivity index (χ1v) is 8.46. The van der Waals surface area contributed by atoms with Gasteiger partial charge in [0.15, 0.2) is 0 Å². The summed E-state index contributed by atoms with van der Waals surface area (Å²) in [7, 11) is 0. The Labute approximate surface area is 118 Å². The lowest BCUT2D eigenvalue weighted by Crippen LogP contribution is -2.39. The molecule has 106 valence electrons. The Kier molecular flexibility index (Phi) is 6.82. The van der Waals surface area contributed by atoms with Crippen LogP contribution in [-0.2, 0) is 0 Å². The highest BCUT2D eigenvalue weighted by molar-refractivity contribution is 6.18. The van der Waals surface area contributed by atoms with Gasteiger partial charge >= 0.3 is 0 Å². The number of halogens is 1. The molecule has 3 heteroatoms. The topological polar surface area (TPSA) is 6.48 Å². The van der Waals surface area contributed by atoms with Crippen molar-refractivity contribution in [3.63, 3.8) is 0 Å². The second kappa shape index (κ2) is 8.39. The third-order valence-electron chi connectivity index (χ3n) is 4.58. The highest BCUT2D eigenvalue weighted by atomic mass is 35.5. The number of rotatable bonds is 7. The average Bonchev–Trinajstić information content (AvgIpc) is 2.92. The molecule has 0 radical (unpaired) electrons. The van der Waals surface area contributed by atoms with Gasteiger partial charge in [0, 0.05) is 18.5 Å². The summed E-state index contributed by atoms with van der Waals surface area (Å²) >= 11 is 5.97. The molecule has 0 aromatic heterocycles. The normalized spacial score (nSPS) is 23.0. The molecule has 1 aliphatic carbocycles. The Balaban J connectivity index is 1.67. The third kappa shape index (κ3) is 4.71. The summed E-state index contributed by atoms with van der Waals surface area (Å²) < 4.78 is 0.